The second-order valence-electron chi connectivity index (χ2n) is 6.43. The molecule has 0 bridgehead atoms. The Bertz CT molecular complexity index is 1020. The Balaban J connectivity index is 1.56. The third-order valence-corrected chi connectivity index (χ3v) is 6.49. The van der Waals surface area contributed by atoms with Crippen LogP contribution in [-0.4, -0.2) is 51.4 Å². The summed E-state index contributed by atoms with van der Waals surface area (Å²) in [5, 5.41) is 3.92. The van der Waals surface area contributed by atoms with Crippen molar-refractivity contribution in [2.24, 2.45) is 0 Å². The Morgan fingerprint density at radius 1 is 1.17 bits per heavy atom. The minimum atomic E-state index is -0.244. The molecule has 0 saturated carbocycles. The van der Waals surface area contributed by atoms with Crippen LogP contribution in [0.1, 0.15) is 10.4 Å². The van der Waals surface area contributed by atoms with Crippen LogP contribution in [0.15, 0.2) is 34.8 Å². The molecule has 0 spiro atoms. The summed E-state index contributed by atoms with van der Waals surface area (Å²) in [6, 6.07) is 9.07. The number of benzene rings is 2. The first-order valence-corrected chi connectivity index (χ1v) is 10.7. The number of hydrogen-bond acceptors (Lipinski definition) is 7. The van der Waals surface area contributed by atoms with Gasteiger partial charge in [0.1, 0.15) is 16.0 Å². The fourth-order valence-corrected chi connectivity index (χ4v) is 4.69. The van der Waals surface area contributed by atoms with E-state index in [2.05, 4.69) is 26.1 Å². The number of thiazole rings is 1. The maximum absolute atomic E-state index is 12.8. The van der Waals surface area contributed by atoms with Crippen molar-refractivity contribution in [1.82, 2.24) is 4.98 Å². The normalized spacial score (nSPS) is 14.1. The predicted octanol–water partition coefficient (Wildman–Crippen LogP) is 4.16. The summed E-state index contributed by atoms with van der Waals surface area (Å²) < 4.78 is 17.7. The molecule has 1 N–H and O–H groups in total. The average Bonchev–Trinajstić information content (AvgIpc) is 3.18. The number of nitrogens with one attached hydrogen (secondary N) is 1. The van der Waals surface area contributed by atoms with Crippen molar-refractivity contribution in [3.8, 4) is 11.5 Å². The van der Waals surface area contributed by atoms with Gasteiger partial charge >= 0.3 is 0 Å². The minimum absolute atomic E-state index is 0.244. The van der Waals surface area contributed by atoms with Crippen LogP contribution in [0.2, 0.25) is 0 Å². The maximum Gasteiger partial charge on any atom is 0.255 e. The lowest BCUT2D eigenvalue weighted by atomic mass is 10.1. The number of nitrogens with zero attached hydrogens (tertiary/aromatic N) is 2. The van der Waals surface area contributed by atoms with E-state index < -0.39 is 0 Å². The molecular weight excluding hydrogens is 458 g/mol. The molecule has 0 unspecified atom stereocenters. The van der Waals surface area contributed by atoms with Crippen molar-refractivity contribution in [2.75, 3.05) is 50.7 Å². The molecule has 1 aliphatic rings. The number of methoxy groups -OCH3 is 2. The van der Waals surface area contributed by atoms with Gasteiger partial charge in [-0.15, -0.1) is 0 Å². The van der Waals surface area contributed by atoms with E-state index >= 15 is 0 Å². The van der Waals surface area contributed by atoms with Gasteiger partial charge in [0.2, 0.25) is 0 Å². The summed E-state index contributed by atoms with van der Waals surface area (Å²) in [6.07, 6.45) is 0. The molecule has 9 heteroatoms. The van der Waals surface area contributed by atoms with Crippen LogP contribution in [0.4, 0.5) is 10.8 Å². The van der Waals surface area contributed by atoms with Gasteiger partial charge in [0.25, 0.3) is 5.91 Å². The fraction of sp³-hybridized carbons (Fsp3) is 0.300. The van der Waals surface area contributed by atoms with Gasteiger partial charge in [-0.05, 0) is 46.3 Å². The molecule has 2 aromatic carbocycles. The monoisotopic (exact) mass is 477 g/mol. The lowest BCUT2D eigenvalue weighted by molar-refractivity contribution is 0.102. The van der Waals surface area contributed by atoms with E-state index in [4.69, 9.17) is 19.2 Å². The van der Waals surface area contributed by atoms with Crippen LogP contribution in [-0.2, 0) is 4.74 Å². The molecule has 4 rings (SSSR count). The molecule has 0 atom stereocenters. The van der Waals surface area contributed by atoms with Gasteiger partial charge in [-0.25, -0.2) is 4.98 Å². The lowest BCUT2D eigenvalue weighted by Gasteiger charge is -2.25. The van der Waals surface area contributed by atoms with Crippen LogP contribution in [0.3, 0.4) is 0 Å². The number of morpholine rings is 1. The van der Waals surface area contributed by atoms with Crippen molar-refractivity contribution in [3.05, 3.63) is 40.4 Å². The zero-order chi connectivity index (χ0) is 20.4. The van der Waals surface area contributed by atoms with Gasteiger partial charge in [-0.3, -0.25) is 4.79 Å². The first-order chi connectivity index (χ1) is 14.1. The molecular formula is C20H20BrN3O4S. The molecule has 3 aromatic rings. The zero-order valence-electron chi connectivity index (χ0n) is 16.0. The highest BCUT2D eigenvalue weighted by Gasteiger charge is 2.17. The van der Waals surface area contributed by atoms with Gasteiger partial charge < -0.3 is 24.4 Å². The number of halogens is 1. The van der Waals surface area contributed by atoms with Gasteiger partial charge in [-0.1, -0.05) is 11.3 Å². The molecule has 152 valence electrons. The number of rotatable bonds is 5. The SMILES string of the molecule is COc1cc(C(=O)Nc2ccc3nc(N4CCOCC4)sc3c2)cc(OC)c1Br. The number of anilines is 2. The van der Waals surface area contributed by atoms with Crippen LogP contribution in [0.5, 0.6) is 11.5 Å². The predicted molar refractivity (Wildman–Crippen MR) is 118 cm³/mol. The van der Waals surface area contributed by atoms with Gasteiger partial charge in [0.15, 0.2) is 5.13 Å². The molecule has 0 radical (unpaired) electrons. The maximum atomic E-state index is 12.8. The summed E-state index contributed by atoms with van der Waals surface area (Å²) in [5.74, 6) is 0.816. The van der Waals surface area contributed by atoms with E-state index in [1.807, 2.05) is 18.2 Å². The Kier molecular flexibility index (Phi) is 5.89. The quantitative estimate of drug-likeness (QED) is 0.594. The van der Waals surface area contributed by atoms with E-state index in [0.717, 1.165) is 41.7 Å². The molecule has 0 aliphatic carbocycles. The summed E-state index contributed by atoms with van der Waals surface area (Å²) in [7, 11) is 3.09. The van der Waals surface area contributed by atoms with Crippen molar-refractivity contribution < 1.29 is 19.0 Å². The fourth-order valence-electron chi connectivity index (χ4n) is 3.08. The molecule has 1 fully saturated rings. The highest BCUT2D eigenvalue weighted by Crippen LogP contribution is 2.36. The zero-order valence-corrected chi connectivity index (χ0v) is 18.4. The van der Waals surface area contributed by atoms with Crippen molar-refractivity contribution in [1.29, 1.82) is 0 Å². The summed E-state index contributed by atoms with van der Waals surface area (Å²) >= 11 is 5.03. The molecule has 1 aromatic heterocycles. The molecule has 29 heavy (non-hydrogen) atoms. The lowest BCUT2D eigenvalue weighted by Crippen LogP contribution is -2.36. The Hall–Kier alpha value is -2.36. The second kappa shape index (κ2) is 8.56. The van der Waals surface area contributed by atoms with Gasteiger partial charge in [0, 0.05) is 24.3 Å². The standard InChI is InChI=1S/C20H20BrN3O4S/c1-26-15-9-12(10-16(27-2)18(15)21)19(25)22-13-3-4-14-17(11-13)29-20(23-14)24-5-7-28-8-6-24/h3-4,9-11H,5-8H2,1-2H3,(H,22,25). The van der Waals surface area contributed by atoms with Crippen LogP contribution in [0.25, 0.3) is 10.2 Å². The first-order valence-electron chi connectivity index (χ1n) is 9.05. The van der Waals surface area contributed by atoms with Crippen molar-refractivity contribution in [2.45, 2.75) is 0 Å². The average molecular weight is 478 g/mol. The van der Waals surface area contributed by atoms with Crippen LogP contribution in [0, 0.1) is 0 Å². The number of amides is 1. The van der Waals surface area contributed by atoms with Gasteiger partial charge in [-0.2, -0.15) is 0 Å². The second-order valence-corrected chi connectivity index (χ2v) is 8.23. The Labute approximate surface area is 180 Å². The largest absolute Gasteiger partial charge is 0.495 e. The van der Waals surface area contributed by atoms with Crippen LogP contribution < -0.4 is 19.7 Å². The van der Waals surface area contributed by atoms with Crippen LogP contribution >= 0.6 is 27.3 Å². The number of fused-ring (bicyclic) bond motifs is 1. The van der Waals surface area contributed by atoms with Gasteiger partial charge in [0.05, 0.1) is 37.6 Å². The molecule has 2 heterocycles. The molecule has 1 aliphatic heterocycles. The molecule has 7 nitrogen and oxygen atoms in total. The highest BCUT2D eigenvalue weighted by atomic mass is 79.9. The number of aromatic nitrogens is 1. The Morgan fingerprint density at radius 3 is 2.52 bits per heavy atom. The van der Waals surface area contributed by atoms with E-state index in [1.165, 1.54) is 0 Å². The van der Waals surface area contributed by atoms with E-state index in [0.29, 0.717) is 27.2 Å². The minimum Gasteiger partial charge on any atom is -0.495 e. The summed E-state index contributed by atoms with van der Waals surface area (Å²) in [5.41, 5.74) is 2.07. The van der Waals surface area contributed by atoms with Crippen molar-refractivity contribution in [3.63, 3.8) is 0 Å². The summed E-state index contributed by atoms with van der Waals surface area (Å²) in [4.78, 5) is 19.7. The first kappa shape index (κ1) is 19.9. The van der Waals surface area contributed by atoms with E-state index in [9.17, 15) is 4.79 Å². The molecule has 1 amide bonds. The number of carbonyl (C=O) groups excluding carboxylic acids is 1. The number of ether oxygens (including phenoxy) is 3. The third-order valence-electron chi connectivity index (χ3n) is 4.62. The topological polar surface area (TPSA) is 72.9 Å². The number of carbonyl (C=O) groups is 1. The van der Waals surface area contributed by atoms with E-state index in [-0.39, 0.29) is 5.91 Å². The van der Waals surface area contributed by atoms with E-state index in [1.54, 1.807) is 37.7 Å². The number of hydrogen-bond donors (Lipinski definition) is 1. The Morgan fingerprint density at radius 2 is 1.86 bits per heavy atom. The summed E-state index contributed by atoms with van der Waals surface area (Å²) in [6.45, 7) is 3.13. The smallest absolute Gasteiger partial charge is 0.255 e. The highest BCUT2D eigenvalue weighted by molar-refractivity contribution is 9.10. The van der Waals surface area contributed by atoms with Crippen molar-refractivity contribution >= 4 is 54.2 Å². The molecule has 1 saturated heterocycles. The third kappa shape index (κ3) is 4.17.